The molecule has 0 aliphatic carbocycles. The van der Waals surface area contributed by atoms with E-state index in [4.69, 9.17) is 12.2 Å². The Labute approximate surface area is 222 Å². The molecule has 1 aliphatic heterocycles. The number of nitrogens with one attached hydrogen (secondary N) is 2. The molecule has 3 aromatic heterocycles. The molecule has 188 valence electrons. The fourth-order valence-electron chi connectivity index (χ4n) is 5.05. The third-order valence-electron chi connectivity index (χ3n) is 6.85. The van der Waals surface area contributed by atoms with Crippen LogP contribution < -0.4 is 15.5 Å². The minimum absolute atomic E-state index is 0.00994. The van der Waals surface area contributed by atoms with Gasteiger partial charge in [-0.3, -0.25) is 9.78 Å². The largest absolute Gasteiger partial charge is 0.351 e. The fraction of sp³-hybridized carbons (Fsp3) is 0.241. The maximum absolute atomic E-state index is 12.0. The number of rotatable bonds is 6. The number of anilines is 2. The summed E-state index contributed by atoms with van der Waals surface area (Å²) >= 11 is 5.92. The van der Waals surface area contributed by atoms with Gasteiger partial charge in [0, 0.05) is 41.6 Å². The summed E-state index contributed by atoms with van der Waals surface area (Å²) in [5, 5.41) is 7.15. The van der Waals surface area contributed by atoms with Crippen molar-refractivity contribution in [3.63, 3.8) is 0 Å². The van der Waals surface area contributed by atoms with E-state index in [2.05, 4.69) is 56.0 Å². The van der Waals surface area contributed by atoms with E-state index in [9.17, 15) is 4.79 Å². The van der Waals surface area contributed by atoms with Crippen molar-refractivity contribution in [2.24, 2.45) is 0 Å². The van der Waals surface area contributed by atoms with E-state index in [0.29, 0.717) is 11.5 Å². The number of carbonyl (C=O) groups is 1. The lowest BCUT2D eigenvalue weighted by Crippen LogP contribution is -2.29. The van der Waals surface area contributed by atoms with Crippen molar-refractivity contribution < 1.29 is 4.79 Å². The van der Waals surface area contributed by atoms with E-state index in [1.807, 2.05) is 74.8 Å². The van der Waals surface area contributed by atoms with Gasteiger partial charge in [-0.2, -0.15) is 0 Å². The fourth-order valence-corrected chi connectivity index (χ4v) is 5.40. The summed E-state index contributed by atoms with van der Waals surface area (Å²) in [5.74, 6) is 0.870. The summed E-state index contributed by atoms with van der Waals surface area (Å²) < 4.78 is 2.18. The van der Waals surface area contributed by atoms with Crippen LogP contribution in [0.25, 0.3) is 5.82 Å². The number of aromatic nitrogens is 3. The zero-order valence-electron chi connectivity index (χ0n) is 21.4. The van der Waals surface area contributed by atoms with Crippen molar-refractivity contribution >= 4 is 34.6 Å². The molecule has 37 heavy (non-hydrogen) atoms. The molecule has 1 saturated heterocycles. The van der Waals surface area contributed by atoms with Crippen molar-refractivity contribution in [1.82, 2.24) is 19.9 Å². The molecule has 1 fully saturated rings. The van der Waals surface area contributed by atoms with E-state index in [1.165, 1.54) is 0 Å². The molecular weight excluding hydrogens is 480 g/mol. The molecule has 1 aromatic carbocycles. The first kappa shape index (κ1) is 24.6. The van der Waals surface area contributed by atoms with Gasteiger partial charge >= 0.3 is 0 Å². The quantitative estimate of drug-likeness (QED) is 0.323. The molecule has 5 rings (SSSR count). The highest BCUT2D eigenvalue weighted by atomic mass is 32.1. The molecule has 1 aliphatic rings. The van der Waals surface area contributed by atoms with E-state index in [0.717, 1.165) is 45.4 Å². The van der Waals surface area contributed by atoms with Crippen LogP contribution in [-0.4, -0.2) is 25.6 Å². The Kier molecular flexibility index (Phi) is 6.76. The van der Waals surface area contributed by atoms with E-state index >= 15 is 0 Å². The first-order valence-electron chi connectivity index (χ1n) is 12.4. The molecule has 1 amide bonds. The third kappa shape index (κ3) is 4.60. The van der Waals surface area contributed by atoms with Crippen LogP contribution in [0.4, 0.5) is 11.4 Å². The molecule has 8 heteroatoms. The molecule has 0 spiro atoms. The monoisotopic (exact) mass is 510 g/mol. The number of nitrogens with zero attached hydrogens (tertiary/aromatic N) is 4. The van der Waals surface area contributed by atoms with Gasteiger partial charge < -0.3 is 20.1 Å². The van der Waals surface area contributed by atoms with Gasteiger partial charge in [0.25, 0.3) is 0 Å². The maximum Gasteiger partial charge on any atom is 0.224 e. The summed E-state index contributed by atoms with van der Waals surface area (Å²) in [6, 6.07) is 19.9. The number of amides is 1. The van der Waals surface area contributed by atoms with Crippen LogP contribution in [0, 0.1) is 20.8 Å². The van der Waals surface area contributed by atoms with Gasteiger partial charge in [0.1, 0.15) is 5.82 Å². The Morgan fingerprint density at radius 2 is 1.78 bits per heavy atom. The lowest BCUT2D eigenvalue weighted by atomic mass is 9.96. The molecular formula is C29H30N6OS. The third-order valence-corrected chi connectivity index (χ3v) is 7.16. The normalized spacial score (nSPS) is 17.1. The standard InChI is InChI=1S/C29H30N6OS/c1-5-26(36)32-23-13-12-21(16-18(23)2)35-28(27(33-29(35)37)24-10-6-8-14-30-24)22-17-19(3)34(20(22)4)25-11-7-9-15-31-25/h6-17,27-28H,5H2,1-4H3,(H,32,36)(H,33,37). The first-order valence-corrected chi connectivity index (χ1v) is 12.8. The van der Waals surface area contributed by atoms with Crippen molar-refractivity contribution in [2.75, 3.05) is 10.2 Å². The molecule has 4 heterocycles. The lowest BCUT2D eigenvalue weighted by molar-refractivity contribution is -0.115. The van der Waals surface area contributed by atoms with Crippen molar-refractivity contribution in [3.05, 3.63) is 101 Å². The molecule has 4 aromatic rings. The smallest absolute Gasteiger partial charge is 0.224 e. The van der Waals surface area contributed by atoms with E-state index in [1.54, 1.807) is 0 Å². The minimum Gasteiger partial charge on any atom is -0.351 e. The van der Waals surface area contributed by atoms with E-state index in [-0.39, 0.29) is 18.0 Å². The highest BCUT2D eigenvalue weighted by Crippen LogP contribution is 2.44. The van der Waals surface area contributed by atoms with Crippen LogP contribution in [0.3, 0.4) is 0 Å². The van der Waals surface area contributed by atoms with Crippen LogP contribution >= 0.6 is 12.2 Å². The Morgan fingerprint density at radius 3 is 2.43 bits per heavy atom. The van der Waals surface area contributed by atoms with Crippen molar-refractivity contribution in [3.8, 4) is 5.82 Å². The number of carbonyl (C=O) groups excluding carboxylic acids is 1. The topological polar surface area (TPSA) is 75.1 Å². The van der Waals surface area contributed by atoms with Gasteiger partial charge in [0.2, 0.25) is 5.91 Å². The Bertz CT molecular complexity index is 1450. The minimum atomic E-state index is -0.147. The summed E-state index contributed by atoms with van der Waals surface area (Å²) in [4.78, 5) is 23.4. The number of pyridine rings is 2. The van der Waals surface area contributed by atoms with Gasteiger partial charge in [-0.25, -0.2) is 4.98 Å². The number of benzene rings is 1. The molecule has 2 unspecified atom stereocenters. The van der Waals surface area contributed by atoms with E-state index < -0.39 is 0 Å². The second kappa shape index (κ2) is 10.1. The maximum atomic E-state index is 12.0. The zero-order valence-corrected chi connectivity index (χ0v) is 22.2. The summed E-state index contributed by atoms with van der Waals surface area (Å²) in [6.07, 6.45) is 4.05. The zero-order chi connectivity index (χ0) is 26.1. The molecule has 0 saturated carbocycles. The Morgan fingerprint density at radius 1 is 1.03 bits per heavy atom. The van der Waals surface area contributed by atoms with Gasteiger partial charge in [-0.1, -0.05) is 19.1 Å². The number of aryl methyl sites for hydroxylation is 2. The number of thiocarbonyl (C=S) groups is 1. The Balaban J connectivity index is 1.63. The van der Waals surface area contributed by atoms with Crippen LogP contribution in [-0.2, 0) is 4.79 Å². The van der Waals surface area contributed by atoms with Crippen molar-refractivity contribution in [2.45, 2.75) is 46.2 Å². The summed E-state index contributed by atoms with van der Waals surface area (Å²) in [7, 11) is 0. The predicted molar refractivity (Wildman–Crippen MR) is 151 cm³/mol. The predicted octanol–water partition coefficient (Wildman–Crippen LogP) is 5.72. The number of hydrogen-bond acceptors (Lipinski definition) is 4. The average molecular weight is 511 g/mol. The summed E-state index contributed by atoms with van der Waals surface area (Å²) in [5.41, 5.74) is 6.99. The highest BCUT2D eigenvalue weighted by molar-refractivity contribution is 7.80. The van der Waals surface area contributed by atoms with Gasteiger partial charge in [-0.15, -0.1) is 0 Å². The van der Waals surface area contributed by atoms with Crippen molar-refractivity contribution in [1.29, 1.82) is 0 Å². The van der Waals surface area contributed by atoms with Crippen LogP contribution in [0.1, 0.15) is 53.6 Å². The van der Waals surface area contributed by atoms with Crippen LogP contribution in [0.2, 0.25) is 0 Å². The number of hydrogen-bond donors (Lipinski definition) is 2. The Hall–Kier alpha value is -4.04. The molecule has 2 N–H and O–H groups in total. The average Bonchev–Trinajstić information content (AvgIpc) is 3.41. The molecule has 0 bridgehead atoms. The first-order chi connectivity index (χ1) is 17.9. The SMILES string of the molecule is CCC(=O)Nc1ccc(N2C(=S)NC(c3ccccn3)C2c2cc(C)n(-c3ccccn3)c2C)cc1C. The highest BCUT2D eigenvalue weighted by Gasteiger charge is 2.42. The van der Waals surface area contributed by atoms with Gasteiger partial charge in [0.05, 0.1) is 17.8 Å². The second-order valence-electron chi connectivity index (χ2n) is 9.25. The van der Waals surface area contributed by atoms with Crippen LogP contribution in [0.5, 0.6) is 0 Å². The van der Waals surface area contributed by atoms with Crippen LogP contribution in [0.15, 0.2) is 73.1 Å². The second-order valence-corrected chi connectivity index (χ2v) is 9.63. The van der Waals surface area contributed by atoms with Gasteiger partial charge in [0.15, 0.2) is 5.11 Å². The summed E-state index contributed by atoms with van der Waals surface area (Å²) in [6.45, 7) is 8.07. The van der Waals surface area contributed by atoms with Gasteiger partial charge in [-0.05, 0) is 92.6 Å². The molecule has 7 nitrogen and oxygen atoms in total. The molecule has 0 radical (unpaired) electrons. The molecule has 2 atom stereocenters. The lowest BCUT2D eigenvalue weighted by Gasteiger charge is -2.28.